The summed E-state index contributed by atoms with van der Waals surface area (Å²) in [7, 11) is 0. The van der Waals surface area contributed by atoms with E-state index in [0.717, 1.165) is 5.57 Å². The van der Waals surface area contributed by atoms with E-state index in [4.69, 9.17) is 9.84 Å². The monoisotopic (exact) mass is 169 g/mol. The highest BCUT2D eigenvalue weighted by Crippen LogP contribution is 2.18. The number of aliphatic carboxylic acids is 1. The van der Waals surface area contributed by atoms with Gasteiger partial charge in [0.2, 0.25) is 0 Å². The molecule has 0 saturated heterocycles. The van der Waals surface area contributed by atoms with Crippen LogP contribution in [-0.2, 0) is 9.53 Å². The molecule has 0 amide bonds. The number of carboxylic acids is 1. The lowest BCUT2D eigenvalue weighted by molar-refractivity contribution is -0.139. The van der Waals surface area contributed by atoms with Crippen LogP contribution in [-0.4, -0.2) is 29.6 Å². The molecule has 2 unspecified atom stereocenters. The third-order valence-electron chi connectivity index (χ3n) is 1.83. The summed E-state index contributed by atoms with van der Waals surface area (Å²) in [6.07, 6.45) is 1.41. The minimum Gasteiger partial charge on any atom is -0.480 e. The molecular formula is C8H11NO3. The van der Waals surface area contributed by atoms with Gasteiger partial charge in [0.15, 0.2) is 18.5 Å². The van der Waals surface area contributed by atoms with Crippen LogP contribution < -0.4 is 0 Å². The molecule has 0 spiro atoms. The van der Waals surface area contributed by atoms with Gasteiger partial charge in [-0.15, -0.1) is 0 Å². The lowest BCUT2D eigenvalue weighted by atomic mass is 10.0. The number of carbonyl (C=O) groups is 1. The molecule has 1 heterocycles. The standard InChI is InChI=1S/C8H11NO3/c1-3-5(2)7-6(8(10)11)9-4-12-7/h4,6-7H,2-3H2,1H3,(H,10,11). The van der Waals surface area contributed by atoms with E-state index in [1.807, 2.05) is 6.92 Å². The Morgan fingerprint density at radius 3 is 3.00 bits per heavy atom. The Bertz CT molecular complexity index is 234. The van der Waals surface area contributed by atoms with Crippen LogP contribution in [0.15, 0.2) is 17.1 Å². The molecular weight excluding hydrogens is 158 g/mol. The molecule has 1 aliphatic heterocycles. The van der Waals surface area contributed by atoms with Crippen LogP contribution in [0.25, 0.3) is 0 Å². The van der Waals surface area contributed by atoms with Crippen LogP contribution >= 0.6 is 0 Å². The van der Waals surface area contributed by atoms with Gasteiger partial charge in [0.1, 0.15) is 0 Å². The highest BCUT2D eigenvalue weighted by atomic mass is 16.5. The number of nitrogens with zero attached hydrogens (tertiary/aromatic N) is 1. The van der Waals surface area contributed by atoms with Crippen molar-refractivity contribution in [3.05, 3.63) is 12.2 Å². The zero-order valence-electron chi connectivity index (χ0n) is 6.86. The van der Waals surface area contributed by atoms with E-state index >= 15 is 0 Å². The van der Waals surface area contributed by atoms with Crippen molar-refractivity contribution in [3.63, 3.8) is 0 Å². The van der Waals surface area contributed by atoms with E-state index in [2.05, 4.69) is 11.6 Å². The minimum atomic E-state index is -0.969. The minimum absolute atomic E-state index is 0.479. The number of aliphatic imine (C=N–C) groups is 1. The summed E-state index contributed by atoms with van der Waals surface area (Å²) in [6.45, 7) is 5.63. The zero-order valence-corrected chi connectivity index (χ0v) is 6.86. The Kier molecular flexibility index (Phi) is 2.47. The third-order valence-corrected chi connectivity index (χ3v) is 1.83. The van der Waals surface area contributed by atoms with E-state index in [0.29, 0.717) is 6.42 Å². The molecule has 0 saturated carbocycles. The van der Waals surface area contributed by atoms with Crippen molar-refractivity contribution in [1.82, 2.24) is 0 Å². The Hall–Kier alpha value is -1.32. The van der Waals surface area contributed by atoms with Crippen LogP contribution in [0.2, 0.25) is 0 Å². The van der Waals surface area contributed by atoms with Gasteiger partial charge in [-0.3, -0.25) is 0 Å². The Labute approximate surface area is 70.6 Å². The van der Waals surface area contributed by atoms with E-state index in [9.17, 15) is 4.79 Å². The summed E-state index contributed by atoms with van der Waals surface area (Å²) in [5.74, 6) is -0.969. The molecule has 0 fully saturated rings. The summed E-state index contributed by atoms with van der Waals surface area (Å²) in [6, 6.07) is -0.808. The van der Waals surface area contributed by atoms with E-state index < -0.39 is 18.1 Å². The van der Waals surface area contributed by atoms with Crippen LogP contribution in [0, 0.1) is 0 Å². The SMILES string of the molecule is C=C(CC)C1OC=NC1C(=O)O. The fourth-order valence-electron chi connectivity index (χ4n) is 1.03. The van der Waals surface area contributed by atoms with Gasteiger partial charge >= 0.3 is 5.97 Å². The van der Waals surface area contributed by atoms with Crippen molar-refractivity contribution in [1.29, 1.82) is 0 Å². The summed E-state index contributed by atoms with van der Waals surface area (Å²) in [4.78, 5) is 14.3. The number of ether oxygens (including phenoxy) is 1. The van der Waals surface area contributed by atoms with Crippen molar-refractivity contribution in [3.8, 4) is 0 Å². The lowest BCUT2D eigenvalue weighted by Crippen LogP contribution is -2.31. The average molecular weight is 169 g/mol. The van der Waals surface area contributed by atoms with Gasteiger partial charge in [0.25, 0.3) is 0 Å². The molecule has 4 heteroatoms. The van der Waals surface area contributed by atoms with Crippen LogP contribution in [0.4, 0.5) is 0 Å². The molecule has 66 valence electrons. The molecule has 0 radical (unpaired) electrons. The van der Waals surface area contributed by atoms with Gasteiger partial charge in [-0.25, -0.2) is 9.79 Å². The normalized spacial score (nSPS) is 26.8. The highest BCUT2D eigenvalue weighted by molar-refractivity contribution is 5.78. The van der Waals surface area contributed by atoms with Crippen molar-refractivity contribution in [2.75, 3.05) is 0 Å². The van der Waals surface area contributed by atoms with Gasteiger partial charge < -0.3 is 9.84 Å². The summed E-state index contributed by atoms with van der Waals surface area (Å²) >= 11 is 0. The molecule has 1 rings (SSSR count). The van der Waals surface area contributed by atoms with Crippen LogP contribution in [0.1, 0.15) is 13.3 Å². The fourth-order valence-corrected chi connectivity index (χ4v) is 1.03. The largest absolute Gasteiger partial charge is 0.480 e. The molecule has 0 aliphatic carbocycles. The maximum Gasteiger partial charge on any atom is 0.332 e. The quantitative estimate of drug-likeness (QED) is 0.636. The second-order valence-corrected chi connectivity index (χ2v) is 2.61. The van der Waals surface area contributed by atoms with E-state index in [1.165, 1.54) is 6.40 Å². The topological polar surface area (TPSA) is 58.9 Å². The highest BCUT2D eigenvalue weighted by Gasteiger charge is 2.33. The number of hydrogen-bond acceptors (Lipinski definition) is 3. The lowest BCUT2D eigenvalue weighted by Gasteiger charge is -2.14. The molecule has 0 aromatic heterocycles. The number of carboxylic acid groups (broad SMARTS) is 1. The zero-order chi connectivity index (χ0) is 9.14. The van der Waals surface area contributed by atoms with Gasteiger partial charge in [-0.2, -0.15) is 0 Å². The smallest absolute Gasteiger partial charge is 0.332 e. The van der Waals surface area contributed by atoms with Gasteiger partial charge in [-0.05, 0) is 12.0 Å². The summed E-state index contributed by atoms with van der Waals surface area (Å²) in [5.41, 5.74) is 0.764. The Balaban J connectivity index is 2.68. The molecule has 0 bridgehead atoms. The molecule has 4 nitrogen and oxygen atoms in total. The van der Waals surface area contributed by atoms with Gasteiger partial charge in [0.05, 0.1) is 0 Å². The van der Waals surface area contributed by atoms with Gasteiger partial charge in [0, 0.05) is 0 Å². The first-order valence-electron chi connectivity index (χ1n) is 3.74. The molecule has 1 aliphatic rings. The van der Waals surface area contributed by atoms with Crippen LogP contribution in [0.3, 0.4) is 0 Å². The van der Waals surface area contributed by atoms with Crippen molar-refractivity contribution in [2.45, 2.75) is 25.5 Å². The number of rotatable bonds is 3. The van der Waals surface area contributed by atoms with E-state index in [-0.39, 0.29) is 0 Å². The first-order chi connectivity index (χ1) is 5.66. The second kappa shape index (κ2) is 3.38. The predicted octanol–water partition coefficient (Wildman–Crippen LogP) is 0.833. The van der Waals surface area contributed by atoms with Crippen LogP contribution in [0.5, 0.6) is 0 Å². The molecule has 1 N–H and O–H groups in total. The Morgan fingerprint density at radius 1 is 1.83 bits per heavy atom. The summed E-state index contributed by atoms with van der Waals surface area (Å²) in [5, 5.41) is 8.69. The number of hydrogen-bond donors (Lipinski definition) is 1. The van der Waals surface area contributed by atoms with Crippen molar-refractivity contribution < 1.29 is 14.6 Å². The maximum atomic E-state index is 10.6. The second-order valence-electron chi connectivity index (χ2n) is 2.61. The van der Waals surface area contributed by atoms with E-state index in [1.54, 1.807) is 0 Å². The molecule has 0 aromatic rings. The predicted molar refractivity (Wildman–Crippen MR) is 44.2 cm³/mol. The van der Waals surface area contributed by atoms with Gasteiger partial charge in [-0.1, -0.05) is 13.5 Å². The molecule has 2 atom stereocenters. The van der Waals surface area contributed by atoms with Crippen molar-refractivity contribution >= 4 is 12.4 Å². The first kappa shape index (κ1) is 8.77. The fraction of sp³-hybridized carbons (Fsp3) is 0.500. The molecule has 0 aromatic carbocycles. The third kappa shape index (κ3) is 1.47. The first-order valence-corrected chi connectivity index (χ1v) is 3.74. The summed E-state index contributed by atoms with van der Waals surface area (Å²) < 4.78 is 5.01. The Morgan fingerprint density at radius 2 is 2.50 bits per heavy atom. The average Bonchev–Trinajstić information content (AvgIpc) is 2.50. The van der Waals surface area contributed by atoms with Crippen molar-refractivity contribution in [2.24, 2.45) is 4.99 Å². The molecule has 12 heavy (non-hydrogen) atoms. The maximum absolute atomic E-state index is 10.6.